The molecule has 124 valence electrons. The van der Waals surface area contributed by atoms with Crippen LogP contribution in [0.1, 0.15) is 42.3 Å². The van der Waals surface area contributed by atoms with E-state index >= 15 is 0 Å². The minimum absolute atomic E-state index is 0.0624. The van der Waals surface area contributed by atoms with E-state index in [4.69, 9.17) is 10.00 Å². The zero-order valence-electron chi connectivity index (χ0n) is 13.6. The Morgan fingerprint density at radius 2 is 2.25 bits per heavy atom. The van der Waals surface area contributed by atoms with Gasteiger partial charge in [0.1, 0.15) is 17.9 Å². The molecule has 0 unspecified atom stereocenters. The van der Waals surface area contributed by atoms with E-state index in [1.54, 1.807) is 6.07 Å². The van der Waals surface area contributed by atoms with Gasteiger partial charge >= 0.3 is 0 Å². The van der Waals surface area contributed by atoms with Gasteiger partial charge in [-0.2, -0.15) is 10.4 Å². The maximum absolute atomic E-state index is 9.05. The third-order valence-corrected chi connectivity index (χ3v) is 4.50. The molecule has 1 aliphatic heterocycles. The molecule has 2 aliphatic rings. The molecule has 7 nitrogen and oxygen atoms in total. The molecule has 3 heterocycles. The Bertz CT molecular complexity index is 776. The average Bonchev–Trinajstić information content (AvgIpc) is 3.06. The monoisotopic (exact) mass is 324 g/mol. The van der Waals surface area contributed by atoms with Crippen molar-refractivity contribution >= 4 is 5.95 Å². The number of aryl methyl sites for hydroxylation is 1. The summed E-state index contributed by atoms with van der Waals surface area (Å²) in [7, 11) is 0. The van der Waals surface area contributed by atoms with Crippen molar-refractivity contribution in [2.24, 2.45) is 5.92 Å². The predicted molar refractivity (Wildman–Crippen MR) is 87.2 cm³/mol. The van der Waals surface area contributed by atoms with E-state index in [0.717, 1.165) is 30.1 Å². The predicted octanol–water partition coefficient (Wildman–Crippen LogP) is 2.21. The van der Waals surface area contributed by atoms with Crippen molar-refractivity contribution < 1.29 is 4.74 Å². The summed E-state index contributed by atoms with van der Waals surface area (Å²) in [4.78, 5) is 8.61. The second-order valence-electron chi connectivity index (χ2n) is 6.60. The van der Waals surface area contributed by atoms with E-state index in [1.807, 2.05) is 17.8 Å². The summed E-state index contributed by atoms with van der Waals surface area (Å²) in [6.45, 7) is 3.54. The molecule has 0 spiro atoms. The number of nitrogens with zero attached hydrogens (tertiary/aromatic N) is 5. The van der Waals surface area contributed by atoms with Crippen LogP contribution < -0.4 is 5.32 Å². The summed E-state index contributed by atoms with van der Waals surface area (Å²) < 4.78 is 7.92. The summed E-state index contributed by atoms with van der Waals surface area (Å²) in [6, 6.07) is 3.82. The lowest BCUT2D eigenvalue weighted by atomic mass is 10.1. The standard InChI is InChI=1S/C17H20N6O/c1-11-6-14(7-18)21-17(20-11)22-15-4-5-24-16(15)13-8-19-23(10-13)9-12-2-3-12/h6,8,10,12,15-16H,2-5,9H2,1H3,(H,20,21,22)/t15-,16+/m0/s1. The van der Waals surface area contributed by atoms with E-state index in [2.05, 4.69) is 32.6 Å². The second kappa shape index (κ2) is 6.21. The fourth-order valence-corrected chi connectivity index (χ4v) is 3.11. The van der Waals surface area contributed by atoms with Crippen LogP contribution in [0.15, 0.2) is 18.5 Å². The van der Waals surface area contributed by atoms with Crippen molar-refractivity contribution in [2.45, 2.75) is 44.9 Å². The van der Waals surface area contributed by atoms with Crippen LogP contribution in [-0.2, 0) is 11.3 Å². The second-order valence-corrected chi connectivity index (χ2v) is 6.60. The SMILES string of the molecule is Cc1cc(C#N)nc(N[C@H]2CCO[C@@H]2c2cnn(CC3CC3)c2)n1. The lowest BCUT2D eigenvalue weighted by molar-refractivity contribution is 0.107. The molecule has 4 rings (SSSR count). The van der Waals surface area contributed by atoms with Crippen LogP contribution in [0.5, 0.6) is 0 Å². The molecule has 24 heavy (non-hydrogen) atoms. The average molecular weight is 324 g/mol. The quantitative estimate of drug-likeness (QED) is 0.907. The van der Waals surface area contributed by atoms with Crippen LogP contribution >= 0.6 is 0 Å². The van der Waals surface area contributed by atoms with Crippen LogP contribution in [0, 0.1) is 24.2 Å². The molecule has 0 amide bonds. The number of anilines is 1. The maximum Gasteiger partial charge on any atom is 0.224 e. The van der Waals surface area contributed by atoms with E-state index in [-0.39, 0.29) is 12.1 Å². The molecule has 2 aromatic heterocycles. The van der Waals surface area contributed by atoms with Crippen molar-refractivity contribution in [3.05, 3.63) is 35.4 Å². The Labute approximate surface area is 140 Å². The first kappa shape index (κ1) is 15.1. The van der Waals surface area contributed by atoms with Gasteiger partial charge in [0, 0.05) is 30.6 Å². The number of rotatable bonds is 5. The summed E-state index contributed by atoms with van der Waals surface area (Å²) >= 11 is 0. The normalized spacial score (nSPS) is 23.2. The minimum Gasteiger partial charge on any atom is -0.371 e. The van der Waals surface area contributed by atoms with Crippen molar-refractivity contribution in [1.29, 1.82) is 5.26 Å². The molecule has 2 aromatic rings. The van der Waals surface area contributed by atoms with E-state index < -0.39 is 0 Å². The first-order chi connectivity index (χ1) is 11.7. The molecular formula is C17H20N6O. The molecule has 0 bridgehead atoms. The van der Waals surface area contributed by atoms with Crippen molar-refractivity contribution in [3.8, 4) is 6.07 Å². The molecular weight excluding hydrogens is 304 g/mol. The first-order valence-electron chi connectivity index (χ1n) is 8.37. The van der Waals surface area contributed by atoms with Crippen LogP contribution in [-0.4, -0.2) is 32.4 Å². The number of hydrogen-bond acceptors (Lipinski definition) is 6. The minimum atomic E-state index is -0.0624. The molecule has 0 aromatic carbocycles. The van der Waals surface area contributed by atoms with Crippen LogP contribution in [0.2, 0.25) is 0 Å². The highest BCUT2D eigenvalue weighted by atomic mass is 16.5. The van der Waals surface area contributed by atoms with Gasteiger partial charge in [-0.3, -0.25) is 4.68 Å². The largest absolute Gasteiger partial charge is 0.371 e. The molecule has 2 atom stereocenters. The van der Waals surface area contributed by atoms with Gasteiger partial charge < -0.3 is 10.1 Å². The Morgan fingerprint density at radius 1 is 1.38 bits per heavy atom. The summed E-state index contributed by atoms with van der Waals surface area (Å²) in [5.74, 6) is 1.28. The first-order valence-corrected chi connectivity index (χ1v) is 8.37. The van der Waals surface area contributed by atoms with Gasteiger partial charge in [0.25, 0.3) is 0 Å². The Balaban J connectivity index is 1.49. The zero-order chi connectivity index (χ0) is 16.5. The summed E-state index contributed by atoms with van der Waals surface area (Å²) in [5.41, 5.74) is 2.23. The maximum atomic E-state index is 9.05. The van der Waals surface area contributed by atoms with Gasteiger partial charge in [0.15, 0.2) is 0 Å². The Morgan fingerprint density at radius 3 is 3.04 bits per heavy atom. The third-order valence-electron chi connectivity index (χ3n) is 4.50. The fraction of sp³-hybridized carbons (Fsp3) is 0.529. The summed E-state index contributed by atoms with van der Waals surface area (Å²) in [5, 5.41) is 16.8. The van der Waals surface area contributed by atoms with Crippen LogP contribution in [0.25, 0.3) is 0 Å². The lowest BCUT2D eigenvalue weighted by Gasteiger charge is -2.19. The fourth-order valence-electron chi connectivity index (χ4n) is 3.11. The Hall–Kier alpha value is -2.46. The molecule has 7 heteroatoms. The molecule has 1 saturated heterocycles. The van der Waals surface area contributed by atoms with Gasteiger partial charge in [-0.05, 0) is 38.2 Å². The van der Waals surface area contributed by atoms with Gasteiger partial charge in [0.05, 0.1) is 12.2 Å². The third kappa shape index (κ3) is 3.24. The van der Waals surface area contributed by atoms with Crippen molar-refractivity contribution in [3.63, 3.8) is 0 Å². The number of aromatic nitrogens is 4. The zero-order valence-corrected chi connectivity index (χ0v) is 13.6. The van der Waals surface area contributed by atoms with Gasteiger partial charge in [-0.25, -0.2) is 9.97 Å². The number of ether oxygens (including phenoxy) is 1. The van der Waals surface area contributed by atoms with Gasteiger partial charge in [0.2, 0.25) is 5.95 Å². The highest BCUT2D eigenvalue weighted by molar-refractivity contribution is 5.35. The van der Waals surface area contributed by atoms with Crippen LogP contribution in [0.4, 0.5) is 5.95 Å². The highest BCUT2D eigenvalue weighted by Crippen LogP contribution is 2.33. The molecule has 2 fully saturated rings. The van der Waals surface area contributed by atoms with Gasteiger partial charge in [-0.15, -0.1) is 0 Å². The van der Waals surface area contributed by atoms with Crippen molar-refractivity contribution in [1.82, 2.24) is 19.7 Å². The number of nitriles is 1. The Kier molecular flexibility index (Phi) is 3.90. The highest BCUT2D eigenvalue weighted by Gasteiger charge is 2.32. The topological polar surface area (TPSA) is 88.6 Å². The molecule has 1 N–H and O–H groups in total. The molecule has 1 aliphatic carbocycles. The van der Waals surface area contributed by atoms with Crippen molar-refractivity contribution in [2.75, 3.05) is 11.9 Å². The number of hydrogen-bond donors (Lipinski definition) is 1. The summed E-state index contributed by atoms with van der Waals surface area (Å²) in [6.07, 6.45) is 7.41. The molecule has 0 radical (unpaired) electrons. The van der Waals surface area contributed by atoms with E-state index in [9.17, 15) is 0 Å². The van der Waals surface area contributed by atoms with E-state index in [0.29, 0.717) is 18.2 Å². The smallest absolute Gasteiger partial charge is 0.224 e. The van der Waals surface area contributed by atoms with Crippen LogP contribution in [0.3, 0.4) is 0 Å². The lowest BCUT2D eigenvalue weighted by Crippen LogP contribution is -2.24. The van der Waals surface area contributed by atoms with Gasteiger partial charge in [-0.1, -0.05) is 0 Å². The van der Waals surface area contributed by atoms with E-state index in [1.165, 1.54) is 12.8 Å². The molecule has 1 saturated carbocycles. The number of nitrogens with one attached hydrogen (secondary N) is 1.